The van der Waals surface area contributed by atoms with Crippen molar-refractivity contribution in [3.05, 3.63) is 88.5 Å². The second kappa shape index (κ2) is 8.90. The van der Waals surface area contributed by atoms with Crippen molar-refractivity contribution >= 4 is 21.6 Å². The van der Waals surface area contributed by atoms with E-state index in [0.29, 0.717) is 24.4 Å². The van der Waals surface area contributed by atoms with Crippen LogP contribution in [-0.2, 0) is 16.4 Å². The molecule has 1 aliphatic rings. The first kappa shape index (κ1) is 22.9. The topological polar surface area (TPSA) is 75.7 Å². The Kier molecular flexibility index (Phi) is 6.17. The zero-order valence-electron chi connectivity index (χ0n) is 19.3. The van der Waals surface area contributed by atoms with E-state index in [9.17, 15) is 13.2 Å². The van der Waals surface area contributed by atoms with Crippen LogP contribution in [-0.4, -0.2) is 28.0 Å². The number of fused-ring (bicyclic) bond motifs is 1. The number of amides is 1. The molecule has 0 saturated carbocycles. The van der Waals surface area contributed by atoms with Crippen LogP contribution >= 0.6 is 0 Å². The summed E-state index contributed by atoms with van der Waals surface area (Å²) in [5.74, 6) is -0.0689. The van der Waals surface area contributed by atoms with Crippen LogP contribution in [0.2, 0.25) is 0 Å². The van der Waals surface area contributed by atoms with Crippen molar-refractivity contribution in [1.82, 2.24) is 5.32 Å². The summed E-state index contributed by atoms with van der Waals surface area (Å²) in [5.41, 5.74) is 5.05. The van der Waals surface area contributed by atoms with Crippen molar-refractivity contribution in [2.75, 3.05) is 18.0 Å². The molecule has 1 unspecified atom stereocenters. The fourth-order valence-electron chi connectivity index (χ4n) is 4.29. The van der Waals surface area contributed by atoms with E-state index in [1.54, 1.807) is 0 Å². The van der Waals surface area contributed by atoms with Gasteiger partial charge in [-0.05, 0) is 68.1 Å². The lowest BCUT2D eigenvalue weighted by atomic mass is 9.99. The second-order valence-electron chi connectivity index (χ2n) is 8.37. The molecule has 0 bridgehead atoms. The smallest absolute Gasteiger partial charge is 0.264 e. The maximum absolute atomic E-state index is 13.5. The first-order valence-electron chi connectivity index (χ1n) is 10.9. The van der Waals surface area contributed by atoms with Crippen molar-refractivity contribution in [3.63, 3.8) is 0 Å². The third kappa shape index (κ3) is 4.33. The summed E-state index contributed by atoms with van der Waals surface area (Å²) in [4.78, 5) is 13.3. The Hall–Kier alpha value is -3.32. The molecule has 7 heteroatoms. The molecule has 172 valence electrons. The van der Waals surface area contributed by atoms with Crippen LogP contribution in [0.4, 0.5) is 5.69 Å². The Balaban J connectivity index is 1.66. The van der Waals surface area contributed by atoms with Crippen LogP contribution in [0.15, 0.2) is 65.6 Å². The van der Waals surface area contributed by atoms with Gasteiger partial charge < -0.3 is 10.1 Å². The zero-order chi connectivity index (χ0) is 23.8. The molecule has 1 aliphatic heterocycles. The van der Waals surface area contributed by atoms with Gasteiger partial charge in [-0.3, -0.25) is 9.10 Å². The SMILES string of the molecule is COc1ccc(S(=O)(=O)N2CCc3ccccc32)cc1C(=O)NC(C)c1cc(C)ccc1C. The minimum atomic E-state index is -3.83. The summed E-state index contributed by atoms with van der Waals surface area (Å²) in [6.45, 7) is 6.29. The fourth-order valence-corrected chi connectivity index (χ4v) is 5.82. The number of methoxy groups -OCH3 is 1. The van der Waals surface area contributed by atoms with Crippen molar-refractivity contribution in [2.24, 2.45) is 0 Å². The van der Waals surface area contributed by atoms with Crippen LogP contribution in [0.25, 0.3) is 0 Å². The number of rotatable bonds is 6. The monoisotopic (exact) mass is 464 g/mol. The standard InChI is InChI=1S/C26H28N2O4S/c1-17-9-10-18(2)22(15-17)19(3)27-26(29)23-16-21(11-12-25(23)32-4)33(30,31)28-14-13-20-7-5-6-8-24(20)28/h5-12,15-16,19H,13-14H2,1-4H3,(H,27,29). The number of hydrogen-bond acceptors (Lipinski definition) is 4. The molecule has 0 fully saturated rings. The maximum Gasteiger partial charge on any atom is 0.264 e. The van der Waals surface area contributed by atoms with Crippen LogP contribution in [0.3, 0.4) is 0 Å². The van der Waals surface area contributed by atoms with E-state index >= 15 is 0 Å². The highest BCUT2D eigenvalue weighted by Crippen LogP contribution is 2.34. The van der Waals surface area contributed by atoms with E-state index in [1.165, 1.54) is 29.6 Å². The molecule has 1 heterocycles. The summed E-state index contributed by atoms with van der Waals surface area (Å²) in [6.07, 6.45) is 0.659. The van der Waals surface area contributed by atoms with Crippen LogP contribution in [0, 0.1) is 13.8 Å². The van der Waals surface area contributed by atoms with Gasteiger partial charge >= 0.3 is 0 Å². The van der Waals surface area contributed by atoms with E-state index in [0.717, 1.165) is 22.3 Å². The first-order chi connectivity index (χ1) is 15.7. The largest absolute Gasteiger partial charge is 0.496 e. The summed E-state index contributed by atoms with van der Waals surface area (Å²) < 4.78 is 33.7. The number of carbonyl (C=O) groups is 1. The molecule has 4 rings (SSSR count). The Morgan fingerprint density at radius 3 is 2.58 bits per heavy atom. The Morgan fingerprint density at radius 1 is 1.06 bits per heavy atom. The molecular formula is C26H28N2O4S. The van der Waals surface area contributed by atoms with Gasteiger partial charge in [-0.15, -0.1) is 0 Å². The maximum atomic E-state index is 13.5. The van der Waals surface area contributed by atoms with Gasteiger partial charge in [0.05, 0.1) is 29.3 Å². The minimum Gasteiger partial charge on any atom is -0.496 e. The van der Waals surface area contributed by atoms with Crippen LogP contribution in [0.5, 0.6) is 5.75 Å². The van der Waals surface area contributed by atoms with Crippen molar-refractivity contribution in [3.8, 4) is 5.75 Å². The quantitative estimate of drug-likeness (QED) is 0.581. The number of nitrogens with zero attached hydrogens (tertiary/aromatic N) is 1. The number of ether oxygens (including phenoxy) is 1. The average Bonchev–Trinajstić information content (AvgIpc) is 3.25. The highest BCUT2D eigenvalue weighted by atomic mass is 32.2. The molecule has 1 atom stereocenters. The van der Waals surface area contributed by atoms with E-state index < -0.39 is 10.0 Å². The number of anilines is 1. The zero-order valence-corrected chi connectivity index (χ0v) is 20.1. The molecule has 1 N–H and O–H groups in total. The lowest BCUT2D eigenvalue weighted by molar-refractivity contribution is 0.0936. The van der Waals surface area contributed by atoms with Gasteiger partial charge in [-0.25, -0.2) is 8.42 Å². The van der Waals surface area contributed by atoms with Gasteiger partial charge in [0.15, 0.2) is 0 Å². The van der Waals surface area contributed by atoms with E-state index in [-0.39, 0.29) is 22.4 Å². The molecule has 0 aliphatic carbocycles. The number of para-hydroxylation sites is 1. The summed E-state index contributed by atoms with van der Waals surface area (Å²) in [7, 11) is -2.36. The second-order valence-corrected chi connectivity index (χ2v) is 10.2. The molecule has 0 saturated heterocycles. The predicted octanol–water partition coefficient (Wildman–Crippen LogP) is 4.55. The molecule has 0 radical (unpaired) electrons. The summed E-state index contributed by atoms with van der Waals surface area (Å²) in [5, 5.41) is 2.99. The van der Waals surface area contributed by atoms with Gasteiger partial charge in [0.2, 0.25) is 0 Å². The van der Waals surface area contributed by atoms with Gasteiger partial charge in [-0.2, -0.15) is 0 Å². The molecule has 1 amide bonds. The summed E-state index contributed by atoms with van der Waals surface area (Å²) >= 11 is 0. The number of benzene rings is 3. The van der Waals surface area contributed by atoms with Gasteiger partial charge in [0.1, 0.15) is 5.75 Å². The van der Waals surface area contributed by atoms with Crippen LogP contribution in [0.1, 0.15) is 45.6 Å². The number of hydrogen-bond donors (Lipinski definition) is 1. The first-order valence-corrected chi connectivity index (χ1v) is 12.3. The van der Waals surface area contributed by atoms with Crippen molar-refractivity contribution in [2.45, 2.75) is 38.1 Å². The third-order valence-electron chi connectivity index (χ3n) is 6.10. The van der Waals surface area contributed by atoms with Crippen LogP contribution < -0.4 is 14.4 Å². The highest BCUT2D eigenvalue weighted by molar-refractivity contribution is 7.92. The molecular weight excluding hydrogens is 436 g/mol. The third-order valence-corrected chi connectivity index (χ3v) is 7.91. The van der Waals surface area contributed by atoms with Crippen molar-refractivity contribution < 1.29 is 17.9 Å². The number of sulfonamides is 1. The van der Waals surface area contributed by atoms with E-state index in [4.69, 9.17) is 4.74 Å². The molecule has 0 spiro atoms. The highest BCUT2D eigenvalue weighted by Gasteiger charge is 2.31. The van der Waals surface area contributed by atoms with E-state index in [2.05, 4.69) is 5.32 Å². The van der Waals surface area contributed by atoms with Gasteiger partial charge in [-0.1, -0.05) is 42.0 Å². The molecule has 3 aromatic carbocycles. The molecule has 3 aromatic rings. The Labute approximate surface area is 195 Å². The normalized spacial score (nSPS) is 14.0. The molecule has 0 aromatic heterocycles. The average molecular weight is 465 g/mol. The predicted molar refractivity (Wildman–Crippen MR) is 129 cm³/mol. The number of nitrogens with one attached hydrogen (secondary N) is 1. The molecule has 33 heavy (non-hydrogen) atoms. The summed E-state index contributed by atoms with van der Waals surface area (Å²) in [6, 6.07) is 17.7. The fraction of sp³-hybridized carbons (Fsp3) is 0.269. The lowest BCUT2D eigenvalue weighted by Gasteiger charge is -2.21. The number of aryl methyl sites for hydroxylation is 2. The Morgan fingerprint density at radius 2 is 1.82 bits per heavy atom. The minimum absolute atomic E-state index is 0.0598. The van der Waals surface area contributed by atoms with Crippen molar-refractivity contribution in [1.29, 1.82) is 0 Å². The van der Waals surface area contributed by atoms with Gasteiger partial charge in [0.25, 0.3) is 15.9 Å². The Bertz CT molecular complexity index is 1320. The number of carbonyl (C=O) groups excluding carboxylic acids is 1. The lowest BCUT2D eigenvalue weighted by Crippen LogP contribution is -2.30. The molecule has 6 nitrogen and oxygen atoms in total. The van der Waals surface area contributed by atoms with Gasteiger partial charge in [0, 0.05) is 6.54 Å². The van der Waals surface area contributed by atoms with E-state index in [1.807, 2.05) is 63.2 Å².